The normalized spacial score (nSPS) is 11.7. The molecule has 0 saturated heterocycles. The summed E-state index contributed by atoms with van der Waals surface area (Å²) in [5.41, 5.74) is -0.0647. The molecule has 0 unspecified atom stereocenters. The quantitative estimate of drug-likeness (QED) is 0.717. The monoisotopic (exact) mass is 337 g/mol. The second kappa shape index (κ2) is 5.63. The maximum Gasteiger partial charge on any atom is 0.417 e. The number of rotatable bonds is 2. The first-order valence-electron chi connectivity index (χ1n) is 6.88. The minimum absolute atomic E-state index is 0.0135. The van der Waals surface area contributed by atoms with Crippen LogP contribution in [0, 0.1) is 12.7 Å². The SMILES string of the molecule is Cc1nc2ccc(C(F)(F)F)cn2c1C(=O)Nc1ccc(F)cc1. The topological polar surface area (TPSA) is 46.4 Å². The molecular formula is C16H11F4N3O. The third-order valence-electron chi connectivity index (χ3n) is 3.44. The van der Waals surface area contributed by atoms with Crippen LogP contribution in [0.25, 0.3) is 5.65 Å². The zero-order valence-corrected chi connectivity index (χ0v) is 12.4. The number of fused-ring (bicyclic) bond motifs is 1. The summed E-state index contributed by atoms with van der Waals surface area (Å²) in [6, 6.07) is 7.14. The van der Waals surface area contributed by atoms with E-state index in [1.165, 1.54) is 37.3 Å². The minimum Gasteiger partial charge on any atom is -0.321 e. The van der Waals surface area contributed by atoms with E-state index in [9.17, 15) is 22.4 Å². The Kier molecular flexibility index (Phi) is 3.75. The molecule has 124 valence electrons. The highest BCUT2D eigenvalue weighted by Gasteiger charge is 2.31. The second-order valence-electron chi connectivity index (χ2n) is 5.15. The fourth-order valence-corrected chi connectivity index (χ4v) is 2.33. The minimum atomic E-state index is -4.53. The number of carbonyl (C=O) groups excluding carboxylic acids is 1. The Labute approximate surface area is 133 Å². The molecule has 0 aliphatic heterocycles. The highest BCUT2D eigenvalue weighted by Crippen LogP contribution is 2.30. The predicted molar refractivity (Wildman–Crippen MR) is 79.3 cm³/mol. The number of halogens is 4. The molecule has 3 rings (SSSR count). The van der Waals surface area contributed by atoms with Crippen LogP contribution in [-0.4, -0.2) is 15.3 Å². The van der Waals surface area contributed by atoms with Crippen molar-refractivity contribution in [3.05, 3.63) is 65.4 Å². The van der Waals surface area contributed by atoms with Crippen molar-refractivity contribution < 1.29 is 22.4 Å². The van der Waals surface area contributed by atoms with Gasteiger partial charge in [-0.3, -0.25) is 9.20 Å². The summed E-state index contributed by atoms with van der Waals surface area (Å²) in [5.74, 6) is -1.10. The van der Waals surface area contributed by atoms with Gasteiger partial charge in [0, 0.05) is 11.9 Å². The molecule has 2 aromatic heterocycles. The van der Waals surface area contributed by atoms with Crippen LogP contribution in [0.1, 0.15) is 21.7 Å². The van der Waals surface area contributed by atoms with E-state index in [1.807, 2.05) is 0 Å². The number of aryl methyl sites for hydroxylation is 1. The van der Waals surface area contributed by atoms with Crippen molar-refractivity contribution in [2.24, 2.45) is 0 Å². The summed E-state index contributed by atoms with van der Waals surface area (Å²) in [5, 5.41) is 2.52. The third-order valence-corrected chi connectivity index (χ3v) is 3.44. The number of pyridine rings is 1. The number of aromatic nitrogens is 2. The van der Waals surface area contributed by atoms with Crippen molar-refractivity contribution >= 4 is 17.2 Å². The van der Waals surface area contributed by atoms with Gasteiger partial charge in [0.2, 0.25) is 0 Å². The van der Waals surface area contributed by atoms with E-state index in [1.54, 1.807) is 0 Å². The Morgan fingerprint density at radius 3 is 2.42 bits per heavy atom. The summed E-state index contributed by atoms with van der Waals surface area (Å²) < 4.78 is 52.6. The Bertz CT molecular complexity index is 913. The molecule has 1 aromatic carbocycles. The highest BCUT2D eigenvalue weighted by atomic mass is 19.4. The van der Waals surface area contributed by atoms with Gasteiger partial charge in [0.1, 0.15) is 17.2 Å². The summed E-state index contributed by atoms with van der Waals surface area (Å²) in [6.07, 6.45) is -3.70. The van der Waals surface area contributed by atoms with E-state index in [-0.39, 0.29) is 17.0 Å². The molecule has 1 N–H and O–H groups in total. The molecule has 0 saturated carbocycles. The fraction of sp³-hybridized carbons (Fsp3) is 0.125. The molecule has 3 aromatic rings. The van der Waals surface area contributed by atoms with Crippen LogP contribution in [0.2, 0.25) is 0 Å². The average molecular weight is 337 g/mol. The molecule has 0 aliphatic carbocycles. The maximum absolute atomic E-state index is 12.9. The van der Waals surface area contributed by atoms with Gasteiger partial charge in [-0.1, -0.05) is 0 Å². The molecule has 24 heavy (non-hydrogen) atoms. The Balaban J connectivity index is 2.02. The van der Waals surface area contributed by atoms with Crippen molar-refractivity contribution in [1.82, 2.24) is 9.38 Å². The smallest absolute Gasteiger partial charge is 0.321 e. The standard InChI is InChI=1S/C16H11F4N3O/c1-9-14(15(24)22-12-5-3-11(17)4-6-12)23-8-10(16(18,19)20)2-7-13(23)21-9/h2-8H,1H3,(H,22,24). The van der Waals surface area contributed by atoms with Crippen molar-refractivity contribution in [1.29, 1.82) is 0 Å². The Morgan fingerprint density at radius 2 is 1.79 bits per heavy atom. The third kappa shape index (κ3) is 2.94. The van der Waals surface area contributed by atoms with Crippen molar-refractivity contribution in [3.8, 4) is 0 Å². The number of imidazole rings is 1. The van der Waals surface area contributed by atoms with Crippen LogP contribution in [-0.2, 0) is 6.18 Å². The summed E-state index contributed by atoms with van der Waals surface area (Å²) in [6.45, 7) is 1.53. The second-order valence-corrected chi connectivity index (χ2v) is 5.15. The van der Waals surface area contributed by atoms with Gasteiger partial charge in [-0.2, -0.15) is 13.2 Å². The Hall–Kier alpha value is -2.90. The largest absolute Gasteiger partial charge is 0.417 e. The summed E-state index contributed by atoms with van der Waals surface area (Å²) in [7, 11) is 0. The van der Waals surface area contributed by atoms with Crippen LogP contribution < -0.4 is 5.32 Å². The van der Waals surface area contributed by atoms with E-state index in [2.05, 4.69) is 10.3 Å². The number of alkyl halides is 3. The lowest BCUT2D eigenvalue weighted by Crippen LogP contribution is -2.16. The molecule has 0 atom stereocenters. The lowest BCUT2D eigenvalue weighted by molar-refractivity contribution is -0.137. The van der Waals surface area contributed by atoms with E-state index in [4.69, 9.17) is 0 Å². The summed E-state index contributed by atoms with van der Waals surface area (Å²) in [4.78, 5) is 16.5. The number of amides is 1. The van der Waals surface area contributed by atoms with Gasteiger partial charge in [0.05, 0.1) is 11.3 Å². The number of hydrogen-bond acceptors (Lipinski definition) is 2. The maximum atomic E-state index is 12.9. The molecule has 8 heteroatoms. The average Bonchev–Trinajstić information content (AvgIpc) is 2.83. The van der Waals surface area contributed by atoms with Crippen molar-refractivity contribution in [3.63, 3.8) is 0 Å². The van der Waals surface area contributed by atoms with Crippen molar-refractivity contribution in [2.45, 2.75) is 13.1 Å². The number of carbonyl (C=O) groups is 1. The first-order chi connectivity index (χ1) is 11.3. The predicted octanol–water partition coefficient (Wildman–Crippen LogP) is 4.05. The molecule has 2 heterocycles. The lowest BCUT2D eigenvalue weighted by atomic mass is 10.2. The molecule has 0 bridgehead atoms. The van der Waals surface area contributed by atoms with Gasteiger partial charge >= 0.3 is 6.18 Å². The van der Waals surface area contributed by atoms with Crippen LogP contribution in [0.3, 0.4) is 0 Å². The van der Waals surface area contributed by atoms with Crippen LogP contribution in [0.4, 0.5) is 23.2 Å². The molecule has 0 spiro atoms. The summed E-state index contributed by atoms with van der Waals surface area (Å²) >= 11 is 0. The number of nitrogens with zero attached hydrogens (tertiary/aromatic N) is 2. The first kappa shape index (κ1) is 16.0. The van der Waals surface area contributed by atoms with Gasteiger partial charge in [-0.25, -0.2) is 9.37 Å². The number of benzene rings is 1. The number of anilines is 1. The Morgan fingerprint density at radius 1 is 1.12 bits per heavy atom. The zero-order chi connectivity index (χ0) is 17.5. The van der Waals surface area contributed by atoms with E-state index >= 15 is 0 Å². The molecule has 0 fully saturated rings. The van der Waals surface area contributed by atoms with Crippen LogP contribution in [0.15, 0.2) is 42.6 Å². The van der Waals surface area contributed by atoms with E-state index in [0.717, 1.165) is 16.7 Å². The van der Waals surface area contributed by atoms with Gasteiger partial charge in [0.25, 0.3) is 5.91 Å². The van der Waals surface area contributed by atoms with Crippen molar-refractivity contribution in [2.75, 3.05) is 5.32 Å². The van der Waals surface area contributed by atoms with Gasteiger partial charge in [-0.05, 0) is 43.3 Å². The first-order valence-corrected chi connectivity index (χ1v) is 6.88. The zero-order valence-electron chi connectivity index (χ0n) is 12.4. The highest BCUT2D eigenvalue weighted by molar-refractivity contribution is 6.04. The molecule has 1 amide bonds. The van der Waals surface area contributed by atoms with Gasteiger partial charge < -0.3 is 5.32 Å². The van der Waals surface area contributed by atoms with E-state index in [0.29, 0.717) is 5.69 Å². The molecular weight excluding hydrogens is 326 g/mol. The van der Waals surface area contributed by atoms with Crippen LogP contribution >= 0.6 is 0 Å². The molecule has 4 nitrogen and oxygen atoms in total. The van der Waals surface area contributed by atoms with E-state index < -0.39 is 23.5 Å². The van der Waals surface area contributed by atoms with Gasteiger partial charge in [0.15, 0.2) is 0 Å². The molecule has 0 radical (unpaired) electrons. The number of hydrogen-bond donors (Lipinski definition) is 1. The van der Waals surface area contributed by atoms with Gasteiger partial charge in [-0.15, -0.1) is 0 Å². The molecule has 0 aliphatic rings. The van der Waals surface area contributed by atoms with Crippen LogP contribution in [0.5, 0.6) is 0 Å². The lowest BCUT2D eigenvalue weighted by Gasteiger charge is -2.09. The number of nitrogens with one attached hydrogen (secondary N) is 1. The fourth-order valence-electron chi connectivity index (χ4n) is 2.33.